The van der Waals surface area contributed by atoms with E-state index in [1.54, 1.807) is 24.3 Å². The highest BCUT2D eigenvalue weighted by atomic mass is 32.2. The lowest BCUT2D eigenvalue weighted by atomic mass is 9.98. The fourth-order valence-electron chi connectivity index (χ4n) is 2.98. The molecule has 26 heavy (non-hydrogen) atoms. The van der Waals surface area contributed by atoms with E-state index in [2.05, 4.69) is 16.6 Å². The second kappa shape index (κ2) is 8.66. The Labute approximate surface area is 156 Å². The lowest BCUT2D eigenvalue weighted by Crippen LogP contribution is -2.42. The van der Waals surface area contributed by atoms with Gasteiger partial charge in [-0.3, -0.25) is 14.5 Å². The van der Waals surface area contributed by atoms with Gasteiger partial charge in [0.15, 0.2) is 0 Å². The highest BCUT2D eigenvalue weighted by Gasteiger charge is 2.34. The standard InChI is InChI=1S/C19H29N3O3S/c1-5-8-13-22(7-3)19(23)17(14(4)6-2)20-18-15-11-9-10-12-16(15)26(24,25)21-18/h9-12,14,17H,5-8,13H2,1-4H3,(H,20,21). The van der Waals surface area contributed by atoms with Crippen LogP contribution in [0.2, 0.25) is 0 Å². The van der Waals surface area contributed by atoms with Crippen LogP contribution in [-0.2, 0) is 14.8 Å². The first-order valence-corrected chi connectivity index (χ1v) is 10.8. The number of hydrogen-bond acceptors (Lipinski definition) is 4. The molecule has 1 aliphatic rings. The van der Waals surface area contributed by atoms with Gasteiger partial charge < -0.3 is 4.90 Å². The van der Waals surface area contributed by atoms with Gasteiger partial charge in [0.2, 0.25) is 5.91 Å². The third kappa shape index (κ3) is 4.26. The zero-order chi connectivity index (χ0) is 19.3. The van der Waals surface area contributed by atoms with Gasteiger partial charge in [0.05, 0.1) is 4.90 Å². The van der Waals surface area contributed by atoms with Gasteiger partial charge in [-0.1, -0.05) is 45.7 Å². The minimum absolute atomic E-state index is 0.0166. The number of sulfonamides is 1. The number of nitrogens with one attached hydrogen (secondary N) is 1. The number of benzene rings is 1. The van der Waals surface area contributed by atoms with E-state index in [4.69, 9.17) is 0 Å². The van der Waals surface area contributed by atoms with Crippen molar-refractivity contribution in [2.75, 3.05) is 13.1 Å². The van der Waals surface area contributed by atoms with E-state index in [1.165, 1.54) is 0 Å². The highest BCUT2D eigenvalue weighted by Crippen LogP contribution is 2.24. The number of nitrogens with zero attached hydrogens (tertiary/aromatic N) is 2. The van der Waals surface area contributed by atoms with Crippen LogP contribution in [0.1, 0.15) is 52.5 Å². The summed E-state index contributed by atoms with van der Waals surface area (Å²) in [6, 6.07) is 6.14. The third-order valence-electron chi connectivity index (χ3n) is 4.84. The Balaban J connectivity index is 2.40. The van der Waals surface area contributed by atoms with Crippen molar-refractivity contribution in [2.24, 2.45) is 10.9 Å². The smallest absolute Gasteiger partial charge is 0.263 e. The molecule has 2 unspecified atom stereocenters. The molecule has 2 rings (SSSR count). The van der Waals surface area contributed by atoms with Crippen molar-refractivity contribution in [3.8, 4) is 0 Å². The average molecular weight is 380 g/mol. The van der Waals surface area contributed by atoms with Gasteiger partial charge in [0, 0.05) is 18.7 Å². The Morgan fingerprint density at radius 2 is 1.92 bits per heavy atom. The van der Waals surface area contributed by atoms with E-state index in [1.807, 2.05) is 25.7 Å². The molecule has 1 aliphatic heterocycles. The van der Waals surface area contributed by atoms with Gasteiger partial charge in [0.25, 0.3) is 10.0 Å². The average Bonchev–Trinajstić information content (AvgIpc) is 2.90. The lowest BCUT2D eigenvalue weighted by molar-refractivity contribution is -0.133. The van der Waals surface area contributed by atoms with Crippen LogP contribution < -0.4 is 4.72 Å². The van der Waals surface area contributed by atoms with Crippen molar-refractivity contribution < 1.29 is 13.2 Å². The summed E-state index contributed by atoms with van der Waals surface area (Å²) < 4.78 is 27.1. The highest BCUT2D eigenvalue weighted by molar-refractivity contribution is 7.90. The molecule has 0 radical (unpaired) electrons. The van der Waals surface area contributed by atoms with Crippen molar-refractivity contribution in [1.29, 1.82) is 0 Å². The lowest BCUT2D eigenvalue weighted by Gasteiger charge is -2.27. The molecule has 144 valence electrons. The Bertz CT molecular complexity index is 774. The number of hydrogen-bond donors (Lipinski definition) is 1. The van der Waals surface area contributed by atoms with E-state index in [9.17, 15) is 13.2 Å². The zero-order valence-electron chi connectivity index (χ0n) is 16.0. The summed E-state index contributed by atoms with van der Waals surface area (Å²) in [6.07, 6.45) is 2.74. The normalized spacial score (nSPS) is 18.8. The number of amides is 1. The minimum atomic E-state index is -3.60. The van der Waals surface area contributed by atoms with E-state index in [0.717, 1.165) is 19.3 Å². The van der Waals surface area contributed by atoms with Gasteiger partial charge in [-0.15, -0.1) is 0 Å². The van der Waals surface area contributed by atoms with Crippen molar-refractivity contribution in [1.82, 2.24) is 9.62 Å². The molecule has 0 saturated carbocycles. The summed E-state index contributed by atoms with van der Waals surface area (Å²) in [7, 11) is -3.60. The molecule has 1 aromatic rings. The van der Waals surface area contributed by atoms with E-state index in [0.29, 0.717) is 18.7 Å². The van der Waals surface area contributed by atoms with Gasteiger partial charge in [0.1, 0.15) is 11.9 Å². The summed E-state index contributed by atoms with van der Waals surface area (Å²) in [5, 5.41) is 0. The van der Waals surface area contributed by atoms with Crippen molar-refractivity contribution >= 4 is 21.8 Å². The molecule has 0 bridgehead atoms. The summed E-state index contributed by atoms with van der Waals surface area (Å²) in [5.74, 6) is 0.250. The van der Waals surface area contributed by atoms with Crippen LogP contribution in [-0.4, -0.2) is 44.2 Å². The summed E-state index contributed by atoms with van der Waals surface area (Å²) in [5.41, 5.74) is 0.533. The minimum Gasteiger partial charge on any atom is -0.341 e. The number of amidine groups is 1. The van der Waals surface area contributed by atoms with E-state index in [-0.39, 0.29) is 22.6 Å². The Hall–Kier alpha value is -1.89. The van der Waals surface area contributed by atoms with Gasteiger partial charge in [-0.25, -0.2) is 8.42 Å². The molecule has 0 fully saturated rings. The maximum atomic E-state index is 13.1. The molecule has 0 aromatic heterocycles. The Morgan fingerprint density at radius 3 is 2.54 bits per heavy atom. The first kappa shape index (κ1) is 20.4. The topological polar surface area (TPSA) is 78.8 Å². The monoisotopic (exact) mass is 379 g/mol. The van der Waals surface area contributed by atoms with E-state index >= 15 is 0 Å². The molecule has 6 nitrogen and oxygen atoms in total. The summed E-state index contributed by atoms with van der Waals surface area (Å²) in [4.78, 5) is 19.7. The second-order valence-electron chi connectivity index (χ2n) is 6.68. The number of unbranched alkanes of at least 4 members (excludes halogenated alkanes) is 1. The molecule has 1 heterocycles. The quantitative estimate of drug-likeness (QED) is 0.754. The largest absolute Gasteiger partial charge is 0.341 e. The van der Waals surface area contributed by atoms with Crippen LogP contribution >= 0.6 is 0 Å². The number of aliphatic imine (C=N–C) groups is 1. The SMILES string of the molecule is CCCCN(CC)C(=O)C(N=C1NS(=O)(=O)c2ccccc21)C(C)CC. The first-order valence-electron chi connectivity index (χ1n) is 9.34. The molecule has 0 aliphatic carbocycles. The van der Waals surface area contributed by atoms with Crippen LogP contribution in [0.3, 0.4) is 0 Å². The molecule has 1 aromatic carbocycles. The van der Waals surface area contributed by atoms with Crippen LogP contribution in [0, 0.1) is 5.92 Å². The summed E-state index contributed by atoms with van der Waals surface area (Å²) >= 11 is 0. The predicted octanol–water partition coefficient (Wildman–Crippen LogP) is 2.79. The molecule has 2 atom stereocenters. The van der Waals surface area contributed by atoms with E-state index < -0.39 is 16.1 Å². The fourth-order valence-corrected chi connectivity index (χ4v) is 4.22. The number of rotatable bonds is 8. The van der Waals surface area contributed by atoms with Gasteiger partial charge in [-0.05, 0) is 31.4 Å². The van der Waals surface area contributed by atoms with Crippen LogP contribution in [0.5, 0.6) is 0 Å². The third-order valence-corrected chi connectivity index (χ3v) is 6.24. The molecule has 0 spiro atoms. The van der Waals surface area contributed by atoms with Crippen molar-refractivity contribution in [3.63, 3.8) is 0 Å². The Morgan fingerprint density at radius 1 is 1.23 bits per heavy atom. The summed E-state index contributed by atoms with van der Waals surface area (Å²) in [6.45, 7) is 9.37. The van der Waals surface area contributed by atoms with Crippen LogP contribution in [0.15, 0.2) is 34.2 Å². The number of likely N-dealkylation sites (N-methyl/N-ethyl adjacent to an activating group) is 1. The molecule has 0 saturated heterocycles. The van der Waals surface area contributed by atoms with Gasteiger partial charge >= 0.3 is 0 Å². The molecule has 1 N–H and O–H groups in total. The number of carbonyl (C=O) groups excluding carboxylic acids is 1. The predicted molar refractivity (Wildman–Crippen MR) is 104 cm³/mol. The van der Waals surface area contributed by atoms with Gasteiger partial charge in [-0.2, -0.15) is 0 Å². The van der Waals surface area contributed by atoms with Crippen molar-refractivity contribution in [3.05, 3.63) is 29.8 Å². The second-order valence-corrected chi connectivity index (χ2v) is 8.33. The maximum Gasteiger partial charge on any atom is 0.263 e. The first-order chi connectivity index (χ1) is 12.4. The number of fused-ring (bicyclic) bond motifs is 1. The zero-order valence-corrected chi connectivity index (χ0v) is 16.8. The van der Waals surface area contributed by atoms with Crippen LogP contribution in [0.4, 0.5) is 0 Å². The van der Waals surface area contributed by atoms with Crippen LogP contribution in [0.25, 0.3) is 0 Å². The Kier molecular flexibility index (Phi) is 6.81. The fraction of sp³-hybridized carbons (Fsp3) is 0.579. The molecule has 7 heteroatoms. The number of carbonyl (C=O) groups is 1. The maximum absolute atomic E-state index is 13.1. The molecular weight excluding hydrogens is 350 g/mol. The van der Waals surface area contributed by atoms with Crippen molar-refractivity contribution in [2.45, 2.75) is 57.9 Å². The molecule has 1 amide bonds. The molecular formula is C19H29N3O3S.